The Morgan fingerprint density at radius 1 is 1.19 bits per heavy atom. The zero-order chi connectivity index (χ0) is 25.8. The number of rotatable bonds is 6. The molecule has 3 heterocycles. The van der Waals surface area contributed by atoms with Crippen molar-refractivity contribution in [3.63, 3.8) is 0 Å². The van der Waals surface area contributed by atoms with E-state index in [2.05, 4.69) is 10.3 Å². The number of ether oxygens (including phenoxy) is 1. The molecule has 2 aliphatic heterocycles. The van der Waals surface area contributed by atoms with Crippen LogP contribution in [0.3, 0.4) is 0 Å². The van der Waals surface area contributed by atoms with E-state index in [9.17, 15) is 28.3 Å². The molecule has 4 rings (SSSR count). The van der Waals surface area contributed by atoms with Gasteiger partial charge in [-0.2, -0.15) is 0 Å². The molecule has 2 saturated heterocycles. The highest BCUT2D eigenvalue weighted by Crippen LogP contribution is 2.30. The number of aromatic nitrogens is 2. The summed E-state index contributed by atoms with van der Waals surface area (Å²) in [6.45, 7) is 1.48. The van der Waals surface area contributed by atoms with Gasteiger partial charge in [-0.15, -0.1) is 0 Å². The number of hydrogen-bond donors (Lipinski definition) is 3. The van der Waals surface area contributed by atoms with Gasteiger partial charge in [0.15, 0.2) is 11.6 Å². The molecule has 2 aliphatic rings. The van der Waals surface area contributed by atoms with Gasteiger partial charge in [0.2, 0.25) is 11.8 Å². The minimum Gasteiger partial charge on any atom is -0.493 e. The number of amides is 3. The third-order valence-electron chi connectivity index (χ3n) is 7.01. The minimum atomic E-state index is -0.933. The molecule has 196 valence electrons. The van der Waals surface area contributed by atoms with Gasteiger partial charge in [0, 0.05) is 45.2 Å². The predicted octanol–water partition coefficient (Wildman–Crippen LogP) is 1.93. The Kier molecular flexibility index (Phi) is 7.92. The summed E-state index contributed by atoms with van der Waals surface area (Å²) in [6.07, 6.45) is 3.05. The minimum absolute atomic E-state index is 0.148. The molecule has 2 unspecified atom stereocenters. The number of aromatic amines is 1. The normalized spacial score (nSPS) is 21.5. The molecule has 2 aromatic rings. The highest BCUT2D eigenvalue weighted by Gasteiger charge is 2.35. The van der Waals surface area contributed by atoms with E-state index in [1.165, 1.54) is 34.9 Å². The first-order chi connectivity index (χ1) is 17.3. The van der Waals surface area contributed by atoms with Crippen LogP contribution < -0.4 is 11.0 Å². The number of nitrogens with one attached hydrogen (secondary N) is 2. The largest absolute Gasteiger partial charge is 0.493 e. The fourth-order valence-electron chi connectivity index (χ4n) is 5.04. The molecule has 36 heavy (non-hydrogen) atoms. The SMILES string of the molecule is COCCN1CC(c2cccc(F)c2F)CCC(NC(=O)N2CCC(n3cc(O)[nH]c3=O)CC2)C1=O. The van der Waals surface area contributed by atoms with Crippen molar-refractivity contribution in [1.82, 2.24) is 24.7 Å². The standard InChI is InChI=1S/C24H31F2N5O5/c1-36-12-11-30-13-15(17-3-2-4-18(25)21(17)26)5-6-19(22(30)33)27-23(34)29-9-7-16(8-10-29)31-14-20(32)28-24(31)35/h2-4,14-16,19,32H,5-13H2,1H3,(H,27,34)(H,28,35). The van der Waals surface area contributed by atoms with E-state index in [1.54, 1.807) is 4.90 Å². The molecule has 10 nitrogen and oxygen atoms in total. The number of likely N-dealkylation sites (tertiary alicyclic amines) is 2. The monoisotopic (exact) mass is 507 g/mol. The van der Waals surface area contributed by atoms with Crippen LogP contribution in [0.2, 0.25) is 0 Å². The first-order valence-corrected chi connectivity index (χ1v) is 12.1. The van der Waals surface area contributed by atoms with E-state index in [4.69, 9.17) is 4.74 Å². The zero-order valence-electron chi connectivity index (χ0n) is 20.1. The molecule has 3 amide bonds. The number of benzene rings is 1. The molecule has 2 fully saturated rings. The number of urea groups is 1. The molecule has 12 heteroatoms. The number of methoxy groups -OCH3 is 1. The number of H-pyrrole nitrogens is 1. The Bertz CT molecular complexity index is 1140. The third-order valence-corrected chi connectivity index (χ3v) is 7.01. The second-order valence-corrected chi connectivity index (χ2v) is 9.27. The van der Waals surface area contributed by atoms with Gasteiger partial charge < -0.3 is 25.0 Å². The third kappa shape index (κ3) is 5.53. The first kappa shape index (κ1) is 25.7. The van der Waals surface area contributed by atoms with Gasteiger partial charge in [0.25, 0.3) is 0 Å². The fourth-order valence-corrected chi connectivity index (χ4v) is 5.04. The van der Waals surface area contributed by atoms with Gasteiger partial charge in [0.05, 0.1) is 12.8 Å². The molecule has 0 spiro atoms. The lowest BCUT2D eigenvalue weighted by atomic mass is 9.93. The van der Waals surface area contributed by atoms with E-state index < -0.39 is 35.3 Å². The Morgan fingerprint density at radius 3 is 2.61 bits per heavy atom. The second-order valence-electron chi connectivity index (χ2n) is 9.27. The van der Waals surface area contributed by atoms with E-state index in [-0.39, 0.29) is 49.5 Å². The highest BCUT2D eigenvalue weighted by molar-refractivity contribution is 5.87. The van der Waals surface area contributed by atoms with Crippen LogP contribution in [0.25, 0.3) is 0 Å². The molecule has 0 radical (unpaired) electrons. The van der Waals surface area contributed by atoms with Crippen LogP contribution >= 0.6 is 0 Å². The maximum absolute atomic E-state index is 14.5. The molecule has 2 atom stereocenters. The van der Waals surface area contributed by atoms with Crippen molar-refractivity contribution in [2.24, 2.45) is 0 Å². The lowest BCUT2D eigenvalue weighted by molar-refractivity contribution is -0.133. The van der Waals surface area contributed by atoms with Gasteiger partial charge in [-0.05, 0) is 37.3 Å². The average Bonchev–Trinajstić information content (AvgIpc) is 3.13. The average molecular weight is 508 g/mol. The van der Waals surface area contributed by atoms with Crippen LogP contribution in [0.1, 0.15) is 43.2 Å². The topological polar surface area (TPSA) is 120 Å². The summed E-state index contributed by atoms with van der Waals surface area (Å²) in [7, 11) is 1.51. The number of hydrogen-bond acceptors (Lipinski definition) is 5. The molecule has 1 aromatic carbocycles. The lowest BCUT2D eigenvalue weighted by Gasteiger charge is -2.33. The highest BCUT2D eigenvalue weighted by atomic mass is 19.2. The van der Waals surface area contributed by atoms with E-state index >= 15 is 0 Å². The maximum atomic E-state index is 14.5. The van der Waals surface area contributed by atoms with Crippen molar-refractivity contribution in [1.29, 1.82) is 0 Å². The summed E-state index contributed by atoms with van der Waals surface area (Å²) >= 11 is 0. The van der Waals surface area contributed by atoms with Crippen LogP contribution in [0, 0.1) is 11.6 Å². The summed E-state index contributed by atoms with van der Waals surface area (Å²) in [6, 6.07) is 2.69. The Morgan fingerprint density at radius 2 is 1.94 bits per heavy atom. The van der Waals surface area contributed by atoms with Crippen LogP contribution in [-0.4, -0.2) is 82.3 Å². The van der Waals surface area contributed by atoms with Gasteiger partial charge in [0.1, 0.15) is 6.04 Å². The number of halogens is 2. The Balaban J connectivity index is 1.42. The number of imidazole rings is 1. The van der Waals surface area contributed by atoms with Crippen LogP contribution in [0.4, 0.5) is 13.6 Å². The van der Waals surface area contributed by atoms with Crippen molar-refractivity contribution in [3.8, 4) is 5.88 Å². The number of carbonyl (C=O) groups excluding carboxylic acids is 2. The van der Waals surface area contributed by atoms with E-state index in [0.717, 1.165) is 6.07 Å². The summed E-state index contributed by atoms with van der Waals surface area (Å²) in [5.41, 5.74) is -0.190. The summed E-state index contributed by atoms with van der Waals surface area (Å²) in [4.78, 5) is 43.7. The predicted molar refractivity (Wildman–Crippen MR) is 126 cm³/mol. The van der Waals surface area contributed by atoms with Crippen molar-refractivity contribution < 1.29 is 28.2 Å². The molecule has 0 saturated carbocycles. The van der Waals surface area contributed by atoms with Crippen molar-refractivity contribution in [3.05, 3.63) is 52.1 Å². The van der Waals surface area contributed by atoms with E-state index in [1.807, 2.05) is 0 Å². The number of nitrogens with zero attached hydrogens (tertiary/aromatic N) is 3. The Hall–Kier alpha value is -3.41. The second kappa shape index (κ2) is 11.1. The van der Waals surface area contributed by atoms with Crippen LogP contribution in [-0.2, 0) is 9.53 Å². The molecule has 0 bridgehead atoms. The fraction of sp³-hybridized carbons (Fsp3) is 0.542. The van der Waals surface area contributed by atoms with Gasteiger partial charge in [-0.25, -0.2) is 18.4 Å². The number of piperidine rings is 1. The number of aromatic hydroxyl groups is 1. The summed E-state index contributed by atoms with van der Waals surface area (Å²) in [5, 5.41) is 12.3. The van der Waals surface area contributed by atoms with Gasteiger partial charge >= 0.3 is 11.7 Å². The first-order valence-electron chi connectivity index (χ1n) is 12.1. The van der Waals surface area contributed by atoms with Crippen molar-refractivity contribution in [2.75, 3.05) is 39.9 Å². The molecule has 0 aliphatic carbocycles. The molecule has 3 N–H and O–H groups in total. The van der Waals surface area contributed by atoms with Crippen molar-refractivity contribution >= 4 is 11.9 Å². The van der Waals surface area contributed by atoms with Gasteiger partial charge in [-0.1, -0.05) is 12.1 Å². The van der Waals surface area contributed by atoms with E-state index in [0.29, 0.717) is 32.4 Å². The number of carbonyl (C=O) groups is 2. The smallest absolute Gasteiger partial charge is 0.328 e. The Labute approximate surface area is 206 Å². The maximum Gasteiger partial charge on any atom is 0.328 e. The summed E-state index contributed by atoms with van der Waals surface area (Å²) in [5.74, 6) is -2.76. The quantitative estimate of drug-likeness (QED) is 0.552. The zero-order valence-corrected chi connectivity index (χ0v) is 20.1. The molecular formula is C24H31F2N5O5. The lowest BCUT2D eigenvalue weighted by Crippen LogP contribution is -2.53. The van der Waals surface area contributed by atoms with Crippen LogP contribution in [0.5, 0.6) is 5.88 Å². The molecule has 1 aromatic heterocycles. The summed E-state index contributed by atoms with van der Waals surface area (Å²) < 4.78 is 34.9. The van der Waals surface area contributed by atoms with Gasteiger partial charge in [-0.3, -0.25) is 14.3 Å². The molecular weight excluding hydrogens is 476 g/mol. The van der Waals surface area contributed by atoms with Crippen molar-refractivity contribution in [2.45, 2.75) is 43.7 Å². The van der Waals surface area contributed by atoms with Crippen LogP contribution in [0.15, 0.2) is 29.2 Å².